The molecule has 19 heavy (non-hydrogen) atoms. The first-order chi connectivity index (χ1) is 8.95. The third kappa shape index (κ3) is 3.78. The van der Waals surface area contributed by atoms with Crippen LogP contribution in [-0.4, -0.2) is 31.4 Å². The molecular weight excluding hydrogens is 266 g/mol. The average Bonchev–Trinajstić information content (AvgIpc) is 2.75. The minimum atomic E-state index is -3.14. The lowest BCUT2D eigenvalue weighted by Gasteiger charge is -2.05. The fourth-order valence-corrected chi connectivity index (χ4v) is 2.21. The van der Waals surface area contributed by atoms with Gasteiger partial charge in [-0.15, -0.1) is 0 Å². The van der Waals surface area contributed by atoms with Crippen molar-refractivity contribution in [3.63, 3.8) is 0 Å². The van der Waals surface area contributed by atoms with Gasteiger partial charge in [0.05, 0.1) is 4.90 Å². The largest absolute Gasteiger partial charge is 0.385 e. The molecule has 0 aliphatic carbocycles. The second kappa shape index (κ2) is 5.40. The minimum Gasteiger partial charge on any atom is -0.385 e. The molecule has 0 aliphatic rings. The molecule has 0 spiro atoms. The number of rotatable bonds is 5. The van der Waals surface area contributed by atoms with Gasteiger partial charge in [-0.1, -0.05) is 5.16 Å². The molecule has 0 saturated carbocycles. The van der Waals surface area contributed by atoms with E-state index in [1.165, 1.54) is 6.26 Å². The van der Waals surface area contributed by atoms with Crippen molar-refractivity contribution in [3.05, 3.63) is 36.0 Å². The lowest BCUT2D eigenvalue weighted by Crippen LogP contribution is -2.06. The highest BCUT2D eigenvalue weighted by atomic mass is 32.2. The van der Waals surface area contributed by atoms with Gasteiger partial charge in [0.1, 0.15) is 0 Å². The van der Waals surface area contributed by atoms with Gasteiger partial charge in [-0.05, 0) is 24.3 Å². The van der Waals surface area contributed by atoms with Crippen LogP contribution in [0.15, 0.2) is 33.7 Å². The van der Waals surface area contributed by atoms with Gasteiger partial charge in [0, 0.05) is 31.8 Å². The molecule has 0 fully saturated rings. The fraction of sp³-hybridized carbons (Fsp3) is 0.333. The molecule has 0 amide bonds. The summed E-state index contributed by atoms with van der Waals surface area (Å²) in [6, 6.07) is 6.63. The highest BCUT2D eigenvalue weighted by molar-refractivity contribution is 7.90. The molecular formula is C12H15N3O3S. The zero-order valence-corrected chi connectivity index (χ0v) is 11.6. The number of nitrogens with zero attached hydrogens (tertiary/aromatic N) is 2. The van der Waals surface area contributed by atoms with Crippen molar-refractivity contribution < 1.29 is 12.9 Å². The van der Waals surface area contributed by atoms with Crippen LogP contribution in [-0.2, 0) is 16.3 Å². The fourth-order valence-electron chi connectivity index (χ4n) is 1.58. The Labute approximate surface area is 111 Å². The maximum atomic E-state index is 11.3. The van der Waals surface area contributed by atoms with E-state index in [1.807, 2.05) is 0 Å². The predicted octanol–water partition coefficient (Wildman–Crippen LogP) is 1.44. The molecule has 0 unspecified atom stereocenters. The molecule has 2 rings (SSSR count). The maximum Gasteiger partial charge on any atom is 0.223 e. The molecule has 0 atom stereocenters. The van der Waals surface area contributed by atoms with Gasteiger partial charge in [0.15, 0.2) is 15.7 Å². The van der Waals surface area contributed by atoms with E-state index in [9.17, 15) is 8.42 Å². The topological polar surface area (TPSA) is 85.1 Å². The summed E-state index contributed by atoms with van der Waals surface area (Å²) in [6.45, 7) is 2.39. The molecule has 1 aromatic heterocycles. The molecule has 7 heteroatoms. The Balaban J connectivity index is 1.90. The molecule has 1 N–H and O–H groups in total. The number of aromatic nitrogens is 2. The summed E-state index contributed by atoms with van der Waals surface area (Å²) < 4.78 is 27.5. The number of benzene rings is 1. The average molecular weight is 281 g/mol. The number of nitrogens with one attached hydrogen (secondary N) is 1. The van der Waals surface area contributed by atoms with E-state index >= 15 is 0 Å². The zero-order chi connectivity index (χ0) is 13.9. The molecule has 0 aliphatic heterocycles. The Morgan fingerprint density at radius 1 is 1.26 bits per heavy atom. The number of hydrogen-bond acceptors (Lipinski definition) is 6. The van der Waals surface area contributed by atoms with Crippen LogP contribution in [0.5, 0.6) is 0 Å². The summed E-state index contributed by atoms with van der Waals surface area (Å²) in [4.78, 5) is 4.40. The summed E-state index contributed by atoms with van der Waals surface area (Å²) in [5.41, 5.74) is 0.854. The van der Waals surface area contributed by atoms with E-state index < -0.39 is 9.84 Å². The molecule has 0 radical (unpaired) electrons. The standard InChI is InChI=1S/C12H15N3O3S/c1-9-14-12(15-18-9)7-8-13-10-3-5-11(6-4-10)19(2,16)17/h3-6,13H,7-8H2,1-2H3. The van der Waals surface area contributed by atoms with Gasteiger partial charge in [-0.2, -0.15) is 4.98 Å². The summed E-state index contributed by atoms with van der Waals surface area (Å²) >= 11 is 0. The van der Waals surface area contributed by atoms with Gasteiger partial charge in [-0.25, -0.2) is 8.42 Å². The summed E-state index contributed by atoms with van der Waals surface area (Å²) in [5.74, 6) is 1.20. The van der Waals surface area contributed by atoms with Crippen molar-refractivity contribution in [1.29, 1.82) is 0 Å². The van der Waals surface area contributed by atoms with Crippen molar-refractivity contribution in [2.45, 2.75) is 18.2 Å². The molecule has 102 valence electrons. The first-order valence-electron chi connectivity index (χ1n) is 5.78. The van der Waals surface area contributed by atoms with Crippen LogP contribution in [0, 0.1) is 6.92 Å². The Morgan fingerprint density at radius 2 is 1.95 bits per heavy atom. The lowest BCUT2D eigenvalue weighted by atomic mass is 10.3. The number of sulfone groups is 1. The second-order valence-corrected chi connectivity index (χ2v) is 6.22. The van der Waals surface area contributed by atoms with Crippen molar-refractivity contribution in [3.8, 4) is 0 Å². The van der Waals surface area contributed by atoms with Gasteiger partial charge < -0.3 is 9.84 Å². The Morgan fingerprint density at radius 3 is 2.47 bits per heavy atom. The number of aryl methyl sites for hydroxylation is 1. The number of hydrogen-bond donors (Lipinski definition) is 1. The van der Waals surface area contributed by atoms with Crippen LogP contribution < -0.4 is 5.32 Å². The Bertz CT molecular complexity index is 647. The second-order valence-electron chi connectivity index (χ2n) is 4.20. The van der Waals surface area contributed by atoms with Crippen LogP contribution in [0.4, 0.5) is 5.69 Å². The smallest absolute Gasteiger partial charge is 0.223 e. The van der Waals surface area contributed by atoms with Gasteiger partial charge in [0.25, 0.3) is 0 Å². The van der Waals surface area contributed by atoms with Crippen molar-refractivity contribution in [2.24, 2.45) is 0 Å². The van der Waals surface area contributed by atoms with E-state index in [1.54, 1.807) is 31.2 Å². The Hall–Kier alpha value is -1.89. The van der Waals surface area contributed by atoms with E-state index in [-0.39, 0.29) is 0 Å². The summed E-state index contributed by atoms with van der Waals surface area (Å²) in [6.07, 6.45) is 1.83. The van der Waals surface area contributed by atoms with E-state index in [4.69, 9.17) is 4.52 Å². The van der Waals surface area contributed by atoms with E-state index in [2.05, 4.69) is 15.5 Å². The SMILES string of the molecule is Cc1nc(CCNc2ccc(S(C)(=O)=O)cc2)no1. The normalized spacial score (nSPS) is 11.5. The van der Waals surface area contributed by atoms with Crippen LogP contribution in [0.3, 0.4) is 0 Å². The highest BCUT2D eigenvalue weighted by Gasteiger charge is 2.06. The Kier molecular flexibility index (Phi) is 3.84. The minimum absolute atomic E-state index is 0.312. The van der Waals surface area contributed by atoms with Crippen molar-refractivity contribution in [2.75, 3.05) is 18.1 Å². The van der Waals surface area contributed by atoms with Crippen LogP contribution >= 0.6 is 0 Å². The van der Waals surface area contributed by atoms with Crippen LogP contribution in [0.1, 0.15) is 11.7 Å². The predicted molar refractivity (Wildman–Crippen MR) is 70.8 cm³/mol. The molecule has 0 saturated heterocycles. The van der Waals surface area contributed by atoms with E-state index in [0.717, 1.165) is 5.69 Å². The van der Waals surface area contributed by atoms with Gasteiger partial charge in [-0.3, -0.25) is 0 Å². The van der Waals surface area contributed by atoms with Gasteiger partial charge >= 0.3 is 0 Å². The zero-order valence-electron chi connectivity index (χ0n) is 10.8. The highest BCUT2D eigenvalue weighted by Crippen LogP contribution is 2.13. The summed E-state index contributed by atoms with van der Waals surface area (Å²) in [7, 11) is -3.14. The first kappa shape index (κ1) is 13.5. The van der Waals surface area contributed by atoms with Crippen molar-refractivity contribution in [1.82, 2.24) is 10.1 Å². The molecule has 2 aromatic rings. The first-order valence-corrected chi connectivity index (χ1v) is 7.67. The van der Waals surface area contributed by atoms with E-state index in [0.29, 0.717) is 29.6 Å². The van der Waals surface area contributed by atoms with Crippen molar-refractivity contribution >= 4 is 15.5 Å². The van der Waals surface area contributed by atoms with Crippen LogP contribution in [0.25, 0.3) is 0 Å². The molecule has 1 aromatic carbocycles. The lowest BCUT2D eigenvalue weighted by molar-refractivity contribution is 0.387. The maximum absolute atomic E-state index is 11.3. The summed E-state index contributed by atoms with van der Waals surface area (Å²) in [5, 5.41) is 6.95. The monoisotopic (exact) mass is 281 g/mol. The van der Waals surface area contributed by atoms with Crippen LogP contribution in [0.2, 0.25) is 0 Å². The molecule has 0 bridgehead atoms. The number of anilines is 1. The third-order valence-corrected chi connectivity index (χ3v) is 3.66. The molecule has 1 heterocycles. The molecule has 6 nitrogen and oxygen atoms in total. The third-order valence-electron chi connectivity index (χ3n) is 2.53. The quantitative estimate of drug-likeness (QED) is 0.892. The van der Waals surface area contributed by atoms with Gasteiger partial charge in [0.2, 0.25) is 5.89 Å².